The van der Waals surface area contributed by atoms with Crippen molar-refractivity contribution in [1.29, 1.82) is 0 Å². The van der Waals surface area contributed by atoms with Gasteiger partial charge in [-0.1, -0.05) is 0 Å². The van der Waals surface area contributed by atoms with Crippen LogP contribution in [-0.2, 0) is 4.79 Å². The van der Waals surface area contributed by atoms with E-state index < -0.39 is 23.9 Å². The van der Waals surface area contributed by atoms with Crippen LogP contribution in [0.15, 0.2) is 30.7 Å². The fourth-order valence-corrected chi connectivity index (χ4v) is 4.52. The number of halogens is 1. The molecule has 0 aromatic carbocycles. The summed E-state index contributed by atoms with van der Waals surface area (Å²) in [6, 6.07) is 2.77. The van der Waals surface area contributed by atoms with E-state index in [1.165, 1.54) is 29.9 Å². The number of pyridine rings is 1. The van der Waals surface area contributed by atoms with E-state index in [4.69, 9.17) is 5.73 Å². The standard InChI is InChI=1S/C25H32FN9O3/c1-13(36)22(27)25(38)32-16-6-4-15(5-7-16)31-21-10-19(30-14-2-3-14)23-29-12-20(35(23)34-21)24(37)33-18-8-9-28-11-17(18)26/h8-16,22,30,36H,2-7,27H2,1H3,(H,31,34)(H,32,38)(H,28,33,37)/t13-,15?,16?,22+/m1/s1. The molecule has 3 aromatic heterocycles. The lowest BCUT2D eigenvalue weighted by atomic mass is 9.91. The molecule has 2 atom stereocenters. The van der Waals surface area contributed by atoms with Gasteiger partial charge in [-0.15, -0.1) is 5.10 Å². The number of nitrogens with one attached hydrogen (secondary N) is 4. The van der Waals surface area contributed by atoms with Crippen molar-refractivity contribution in [2.75, 3.05) is 16.0 Å². The van der Waals surface area contributed by atoms with Crippen molar-refractivity contribution in [2.45, 2.75) is 75.7 Å². The number of hydrogen-bond donors (Lipinski definition) is 6. The molecule has 202 valence electrons. The zero-order chi connectivity index (χ0) is 26.8. The molecular formula is C25H32FN9O3. The van der Waals surface area contributed by atoms with Crippen LogP contribution in [0.3, 0.4) is 0 Å². The molecule has 12 nitrogen and oxygen atoms in total. The second-order valence-corrected chi connectivity index (χ2v) is 10.0. The molecule has 5 rings (SSSR count). The summed E-state index contributed by atoms with van der Waals surface area (Å²) in [5.74, 6) is -0.958. The Bertz CT molecular complexity index is 1320. The van der Waals surface area contributed by atoms with E-state index in [9.17, 15) is 19.1 Å². The Balaban J connectivity index is 1.30. The first-order valence-corrected chi connectivity index (χ1v) is 12.8. The van der Waals surface area contributed by atoms with Gasteiger partial charge >= 0.3 is 0 Å². The minimum atomic E-state index is -0.948. The third-order valence-corrected chi connectivity index (χ3v) is 6.91. The Hall–Kier alpha value is -3.84. The molecule has 13 heteroatoms. The quantitative estimate of drug-likeness (QED) is 0.243. The van der Waals surface area contributed by atoms with Crippen molar-refractivity contribution in [3.05, 3.63) is 42.2 Å². The van der Waals surface area contributed by atoms with Gasteiger partial charge < -0.3 is 32.1 Å². The Kier molecular flexibility index (Phi) is 7.38. The van der Waals surface area contributed by atoms with Crippen molar-refractivity contribution >= 4 is 34.7 Å². The summed E-state index contributed by atoms with van der Waals surface area (Å²) in [6.07, 6.45) is 8.13. The van der Waals surface area contributed by atoms with Crippen molar-refractivity contribution in [1.82, 2.24) is 24.9 Å². The van der Waals surface area contributed by atoms with Crippen molar-refractivity contribution in [2.24, 2.45) is 5.73 Å². The number of nitrogens with two attached hydrogens (primary N) is 1. The minimum absolute atomic E-state index is 0.00888. The van der Waals surface area contributed by atoms with E-state index in [1.54, 1.807) is 0 Å². The normalized spacial score (nSPS) is 20.9. The van der Waals surface area contributed by atoms with Crippen LogP contribution in [0.4, 0.5) is 21.6 Å². The predicted octanol–water partition coefficient (Wildman–Crippen LogP) is 1.64. The summed E-state index contributed by atoms with van der Waals surface area (Å²) in [5.41, 5.74) is 7.18. The van der Waals surface area contributed by atoms with E-state index in [-0.39, 0.29) is 29.4 Å². The summed E-state index contributed by atoms with van der Waals surface area (Å²) in [7, 11) is 0. The van der Waals surface area contributed by atoms with Crippen LogP contribution in [-0.4, -0.2) is 66.8 Å². The lowest BCUT2D eigenvalue weighted by Gasteiger charge is -2.31. The number of fused-ring (bicyclic) bond motifs is 1. The lowest BCUT2D eigenvalue weighted by Crippen LogP contribution is -2.51. The van der Waals surface area contributed by atoms with Gasteiger partial charge in [-0.3, -0.25) is 14.6 Å². The first kappa shape index (κ1) is 25.8. The Morgan fingerprint density at radius 1 is 1.08 bits per heavy atom. The van der Waals surface area contributed by atoms with Crippen LogP contribution >= 0.6 is 0 Å². The molecule has 2 saturated carbocycles. The highest BCUT2D eigenvalue weighted by atomic mass is 19.1. The van der Waals surface area contributed by atoms with Gasteiger partial charge in [-0.05, 0) is 51.5 Å². The van der Waals surface area contributed by atoms with E-state index in [0.717, 1.165) is 50.4 Å². The summed E-state index contributed by atoms with van der Waals surface area (Å²) in [4.78, 5) is 33.3. The molecule has 0 radical (unpaired) electrons. The number of aliphatic hydroxyl groups is 1. The Morgan fingerprint density at radius 3 is 2.45 bits per heavy atom. The number of carbonyl (C=O) groups is 2. The number of hydrogen-bond acceptors (Lipinski definition) is 9. The zero-order valence-corrected chi connectivity index (χ0v) is 21.0. The molecule has 3 aromatic rings. The number of amides is 2. The smallest absolute Gasteiger partial charge is 0.276 e. The second kappa shape index (κ2) is 10.9. The van der Waals surface area contributed by atoms with Gasteiger partial charge in [0.05, 0.1) is 29.9 Å². The van der Waals surface area contributed by atoms with Crippen LogP contribution in [0, 0.1) is 5.82 Å². The minimum Gasteiger partial charge on any atom is -0.391 e. The molecule has 7 N–H and O–H groups in total. The molecule has 38 heavy (non-hydrogen) atoms. The fourth-order valence-electron chi connectivity index (χ4n) is 4.52. The molecule has 3 heterocycles. The van der Waals surface area contributed by atoms with Gasteiger partial charge in [0.25, 0.3) is 5.91 Å². The van der Waals surface area contributed by atoms with Gasteiger partial charge in [0, 0.05) is 30.4 Å². The van der Waals surface area contributed by atoms with Gasteiger partial charge in [0.1, 0.15) is 11.9 Å². The van der Waals surface area contributed by atoms with E-state index >= 15 is 0 Å². The molecular weight excluding hydrogens is 493 g/mol. The molecule has 2 fully saturated rings. The topological polar surface area (TPSA) is 172 Å². The van der Waals surface area contributed by atoms with Crippen molar-refractivity contribution in [3.63, 3.8) is 0 Å². The summed E-state index contributed by atoms with van der Waals surface area (Å²) >= 11 is 0. The monoisotopic (exact) mass is 525 g/mol. The highest BCUT2D eigenvalue weighted by Crippen LogP contribution is 2.30. The van der Waals surface area contributed by atoms with Crippen LogP contribution < -0.4 is 27.0 Å². The van der Waals surface area contributed by atoms with Gasteiger partial charge in [0.15, 0.2) is 17.2 Å². The third-order valence-electron chi connectivity index (χ3n) is 6.91. The highest BCUT2D eigenvalue weighted by Gasteiger charge is 2.28. The van der Waals surface area contributed by atoms with Crippen LogP contribution in [0.2, 0.25) is 0 Å². The highest BCUT2D eigenvalue weighted by molar-refractivity contribution is 6.03. The second-order valence-electron chi connectivity index (χ2n) is 10.0. The van der Waals surface area contributed by atoms with Gasteiger partial charge in [0.2, 0.25) is 5.91 Å². The Labute approximate surface area is 218 Å². The molecule has 0 aliphatic heterocycles. The maximum atomic E-state index is 14.0. The third kappa shape index (κ3) is 5.83. The predicted molar refractivity (Wildman–Crippen MR) is 139 cm³/mol. The Morgan fingerprint density at radius 2 is 1.76 bits per heavy atom. The molecule has 0 spiro atoms. The molecule has 2 amide bonds. The first-order valence-electron chi connectivity index (χ1n) is 12.8. The van der Waals surface area contributed by atoms with E-state index in [2.05, 4.69) is 36.3 Å². The van der Waals surface area contributed by atoms with Crippen LogP contribution in [0.1, 0.15) is 55.9 Å². The van der Waals surface area contributed by atoms with E-state index in [1.807, 2.05) is 6.07 Å². The van der Waals surface area contributed by atoms with E-state index in [0.29, 0.717) is 17.5 Å². The van der Waals surface area contributed by atoms with Crippen molar-refractivity contribution < 1.29 is 19.1 Å². The summed E-state index contributed by atoms with van der Waals surface area (Å²) < 4.78 is 15.5. The molecule has 0 saturated heterocycles. The zero-order valence-electron chi connectivity index (χ0n) is 21.0. The average molecular weight is 526 g/mol. The first-order chi connectivity index (χ1) is 18.3. The van der Waals surface area contributed by atoms with Crippen molar-refractivity contribution in [3.8, 4) is 0 Å². The number of nitrogens with zero attached hydrogens (tertiary/aromatic N) is 4. The van der Waals surface area contributed by atoms with Gasteiger partial charge in [-0.2, -0.15) is 0 Å². The number of carbonyl (C=O) groups excluding carboxylic acids is 2. The number of rotatable bonds is 9. The average Bonchev–Trinajstić information content (AvgIpc) is 3.61. The number of imidazole rings is 1. The molecule has 2 aliphatic carbocycles. The SMILES string of the molecule is C[C@@H](O)[C@H](N)C(=O)NC1CCC(Nc2cc(NC3CC3)c3ncc(C(=O)Nc4ccncc4F)n3n2)CC1. The van der Waals surface area contributed by atoms with Crippen LogP contribution in [0.5, 0.6) is 0 Å². The molecule has 0 unspecified atom stereocenters. The molecule has 0 bridgehead atoms. The molecule has 2 aliphatic rings. The fraction of sp³-hybridized carbons (Fsp3) is 0.480. The maximum absolute atomic E-state index is 14.0. The largest absolute Gasteiger partial charge is 0.391 e. The summed E-state index contributed by atoms with van der Waals surface area (Å²) in [6.45, 7) is 1.49. The van der Waals surface area contributed by atoms with Gasteiger partial charge in [-0.25, -0.2) is 13.9 Å². The number of aliphatic hydroxyl groups excluding tert-OH is 1. The lowest BCUT2D eigenvalue weighted by molar-refractivity contribution is -0.125. The number of anilines is 3. The summed E-state index contributed by atoms with van der Waals surface area (Å²) in [5, 5.41) is 26.6. The van der Waals surface area contributed by atoms with Crippen LogP contribution in [0.25, 0.3) is 5.65 Å². The number of aromatic nitrogens is 4. The maximum Gasteiger partial charge on any atom is 0.276 e.